The predicted molar refractivity (Wildman–Crippen MR) is 74.9 cm³/mol. The van der Waals surface area contributed by atoms with Crippen molar-refractivity contribution in [2.24, 2.45) is 11.3 Å². The van der Waals surface area contributed by atoms with Crippen molar-refractivity contribution in [3.8, 4) is 5.88 Å². The van der Waals surface area contributed by atoms with Crippen molar-refractivity contribution in [1.29, 1.82) is 0 Å². The highest BCUT2D eigenvalue weighted by molar-refractivity contribution is 5.77. The molecule has 6 nitrogen and oxygen atoms in total. The first kappa shape index (κ1) is 14.3. The molecule has 2 fully saturated rings. The Morgan fingerprint density at radius 2 is 2.48 bits per heavy atom. The Hall–Kier alpha value is -1.66. The van der Waals surface area contributed by atoms with Crippen LogP contribution in [0.1, 0.15) is 0 Å². The van der Waals surface area contributed by atoms with Gasteiger partial charge >= 0.3 is 0 Å². The van der Waals surface area contributed by atoms with Crippen LogP contribution in [-0.4, -0.2) is 62.4 Å². The number of ether oxygens (including phenoxy) is 3. The number of fused-ring (bicyclic) bond motifs is 1. The molecule has 2 atom stereocenters. The second-order valence-electron chi connectivity index (χ2n) is 5.74. The molecule has 0 N–H and O–H groups in total. The maximum Gasteiger partial charge on any atom is 0.248 e. The van der Waals surface area contributed by atoms with Gasteiger partial charge < -0.3 is 19.1 Å². The largest absolute Gasteiger partial charge is 0.477 e. The van der Waals surface area contributed by atoms with E-state index in [0.717, 1.165) is 0 Å². The van der Waals surface area contributed by atoms with Crippen LogP contribution in [0.25, 0.3) is 0 Å². The number of pyridine rings is 1. The molecule has 0 spiro atoms. The summed E-state index contributed by atoms with van der Waals surface area (Å²) in [6.45, 7) is 3.33. The zero-order valence-corrected chi connectivity index (χ0v) is 12.2. The van der Waals surface area contributed by atoms with Crippen LogP contribution in [0.3, 0.4) is 0 Å². The van der Waals surface area contributed by atoms with Gasteiger partial charge in [0.25, 0.3) is 0 Å². The third-order valence-corrected chi connectivity index (χ3v) is 4.29. The molecule has 2 saturated heterocycles. The van der Waals surface area contributed by atoms with Gasteiger partial charge in [-0.15, -0.1) is 0 Å². The van der Waals surface area contributed by atoms with Crippen LogP contribution in [0, 0.1) is 11.3 Å². The van der Waals surface area contributed by atoms with Crippen molar-refractivity contribution in [2.45, 2.75) is 0 Å². The Kier molecular flexibility index (Phi) is 4.07. The van der Waals surface area contributed by atoms with Crippen molar-refractivity contribution in [1.82, 2.24) is 9.88 Å². The van der Waals surface area contributed by atoms with Crippen molar-refractivity contribution in [3.05, 3.63) is 24.4 Å². The average molecular weight is 292 g/mol. The number of rotatable bonds is 5. The summed E-state index contributed by atoms with van der Waals surface area (Å²) >= 11 is 0. The SMILES string of the molecule is COCC(=O)N1C[C@@H]2COC[C@]2(COc2ccccn2)C1. The van der Waals surface area contributed by atoms with Gasteiger partial charge in [0, 0.05) is 38.4 Å². The van der Waals surface area contributed by atoms with Crippen molar-refractivity contribution < 1.29 is 19.0 Å². The number of carbonyl (C=O) groups is 1. The van der Waals surface area contributed by atoms with Crippen LogP contribution in [0.4, 0.5) is 0 Å². The van der Waals surface area contributed by atoms with Gasteiger partial charge in [-0.25, -0.2) is 4.98 Å². The summed E-state index contributed by atoms with van der Waals surface area (Å²) in [5.41, 5.74) is -0.124. The highest BCUT2D eigenvalue weighted by Crippen LogP contribution is 2.41. The lowest BCUT2D eigenvalue weighted by molar-refractivity contribution is -0.135. The lowest BCUT2D eigenvalue weighted by Crippen LogP contribution is -2.39. The molecule has 0 aliphatic carbocycles. The van der Waals surface area contributed by atoms with Crippen LogP contribution in [0.5, 0.6) is 5.88 Å². The summed E-state index contributed by atoms with van der Waals surface area (Å²) in [6, 6.07) is 5.59. The number of likely N-dealkylation sites (tertiary alicyclic amines) is 1. The molecule has 114 valence electrons. The topological polar surface area (TPSA) is 60.9 Å². The number of methoxy groups -OCH3 is 1. The smallest absolute Gasteiger partial charge is 0.248 e. The Morgan fingerprint density at radius 3 is 3.24 bits per heavy atom. The molecule has 6 heteroatoms. The van der Waals surface area contributed by atoms with Crippen LogP contribution in [0.2, 0.25) is 0 Å². The molecular weight excluding hydrogens is 272 g/mol. The number of amides is 1. The van der Waals surface area contributed by atoms with E-state index >= 15 is 0 Å². The summed E-state index contributed by atoms with van der Waals surface area (Å²) in [4.78, 5) is 18.0. The maximum absolute atomic E-state index is 12.0. The van der Waals surface area contributed by atoms with E-state index in [1.54, 1.807) is 6.20 Å². The third kappa shape index (κ3) is 2.87. The van der Waals surface area contributed by atoms with E-state index in [1.807, 2.05) is 23.1 Å². The summed E-state index contributed by atoms with van der Waals surface area (Å²) in [5.74, 6) is 0.963. The molecule has 3 heterocycles. The maximum atomic E-state index is 12.0. The monoisotopic (exact) mass is 292 g/mol. The number of carbonyl (C=O) groups excluding carboxylic acids is 1. The Bertz CT molecular complexity index is 496. The second-order valence-corrected chi connectivity index (χ2v) is 5.74. The minimum Gasteiger partial charge on any atom is -0.477 e. The quantitative estimate of drug-likeness (QED) is 0.794. The molecule has 0 unspecified atom stereocenters. The van der Waals surface area contributed by atoms with Gasteiger partial charge in [0.2, 0.25) is 11.8 Å². The lowest BCUT2D eigenvalue weighted by atomic mass is 9.82. The van der Waals surface area contributed by atoms with Crippen molar-refractivity contribution in [2.75, 3.05) is 46.6 Å². The third-order valence-electron chi connectivity index (χ3n) is 4.29. The molecule has 0 saturated carbocycles. The van der Waals surface area contributed by atoms with E-state index in [4.69, 9.17) is 14.2 Å². The molecule has 0 aromatic carbocycles. The molecule has 0 bridgehead atoms. The van der Waals surface area contributed by atoms with Crippen molar-refractivity contribution in [3.63, 3.8) is 0 Å². The second kappa shape index (κ2) is 5.99. The molecule has 21 heavy (non-hydrogen) atoms. The fourth-order valence-electron chi connectivity index (χ4n) is 3.09. The molecule has 1 aromatic rings. The first-order valence-electron chi connectivity index (χ1n) is 7.12. The van der Waals surface area contributed by atoms with Crippen LogP contribution in [0.15, 0.2) is 24.4 Å². The van der Waals surface area contributed by atoms with Gasteiger partial charge in [0.1, 0.15) is 6.61 Å². The highest BCUT2D eigenvalue weighted by Gasteiger charge is 2.52. The normalized spacial score (nSPS) is 27.7. The predicted octanol–water partition coefficient (Wildman–Crippen LogP) is 0.582. The zero-order valence-electron chi connectivity index (χ0n) is 12.2. The molecule has 3 rings (SSSR count). The number of hydrogen-bond donors (Lipinski definition) is 0. The van der Waals surface area contributed by atoms with Gasteiger partial charge in [-0.3, -0.25) is 4.79 Å². The summed E-state index contributed by atoms with van der Waals surface area (Å²) < 4.78 is 16.4. The first-order valence-corrected chi connectivity index (χ1v) is 7.12. The Labute approximate surface area is 124 Å². The van der Waals surface area contributed by atoms with E-state index in [-0.39, 0.29) is 17.9 Å². The lowest BCUT2D eigenvalue weighted by Gasteiger charge is -2.26. The van der Waals surface area contributed by atoms with Gasteiger partial charge in [-0.1, -0.05) is 6.07 Å². The Balaban J connectivity index is 1.65. The van der Waals surface area contributed by atoms with Gasteiger partial charge in [-0.2, -0.15) is 0 Å². The highest BCUT2D eigenvalue weighted by atomic mass is 16.5. The zero-order chi connectivity index (χ0) is 14.7. The van der Waals surface area contributed by atoms with E-state index in [0.29, 0.717) is 44.7 Å². The van der Waals surface area contributed by atoms with Crippen molar-refractivity contribution >= 4 is 5.91 Å². The van der Waals surface area contributed by atoms with Crippen LogP contribution in [-0.2, 0) is 14.3 Å². The molecule has 1 aromatic heterocycles. The van der Waals surface area contributed by atoms with E-state index in [2.05, 4.69) is 4.98 Å². The van der Waals surface area contributed by atoms with Crippen LogP contribution < -0.4 is 4.74 Å². The molecule has 2 aliphatic heterocycles. The number of hydrogen-bond acceptors (Lipinski definition) is 5. The van der Waals surface area contributed by atoms with Crippen LogP contribution >= 0.6 is 0 Å². The van der Waals surface area contributed by atoms with E-state index in [1.165, 1.54) is 7.11 Å². The summed E-state index contributed by atoms with van der Waals surface area (Å²) in [5, 5.41) is 0. The number of aromatic nitrogens is 1. The van der Waals surface area contributed by atoms with E-state index in [9.17, 15) is 4.79 Å². The molecule has 2 aliphatic rings. The summed E-state index contributed by atoms with van der Waals surface area (Å²) in [6.07, 6.45) is 1.71. The Morgan fingerprint density at radius 1 is 1.57 bits per heavy atom. The average Bonchev–Trinajstić information content (AvgIpc) is 3.03. The first-order chi connectivity index (χ1) is 10.2. The molecular formula is C15H20N2O4. The summed E-state index contributed by atoms with van der Waals surface area (Å²) in [7, 11) is 1.54. The number of nitrogens with zero attached hydrogens (tertiary/aromatic N) is 2. The fraction of sp³-hybridized carbons (Fsp3) is 0.600. The minimum absolute atomic E-state index is 0.0316. The minimum atomic E-state index is -0.124. The fourth-order valence-corrected chi connectivity index (χ4v) is 3.09. The molecule has 0 radical (unpaired) electrons. The van der Waals surface area contributed by atoms with Gasteiger partial charge in [-0.05, 0) is 6.07 Å². The van der Waals surface area contributed by atoms with Gasteiger partial charge in [0.15, 0.2) is 0 Å². The molecule has 1 amide bonds. The van der Waals surface area contributed by atoms with Gasteiger partial charge in [0.05, 0.1) is 25.2 Å². The standard InChI is InChI=1S/C15H20N2O4/c1-19-8-14(18)17-6-12-7-20-10-15(12,9-17)11-21-13-4-2-3-5-16-13/h2-5,12H,6-11H2,1H3/t12-,15+/m1/s1. The van der Waals surface area contributed by atoms with E-state index < -0.39 is 0 Å².